The first-order valence-corrected chi connectivity index (χ1v) is 9.68. The normalized spacial score (nSPS) is 13.2. The maximum atomic E-state index is 12.8. The molecule has 5 heteroatoms. The fourth-order valence-electron chi connectivity index (χ4n) is 3.43. The van der Waals surface area contributed by atoms with Gasteiger partial charge in [-0.1, -0.05) is 48.5 Å². The molecular formula is C24H22N2O3. The number of hydrogen-bond acceptors (Lipinski definition) is 3. The summed E-state index contributed by atoms with van der Waals surface area (Å²) in [5, 5.41) is 2.95. The quantitative estimate of drug-likeness (QED) is 0.669. The molecule has 1 fully saturated rings. The summed E-state index contributed by atoms with van der Waals surface area (Å²) in [6, 6.07) is 25.2. The van der Waals surface area contributed by atoms with E-state index < -0.39 is 0 Å². The smallest absolute Gasteiger partial charge is 0.414 e. The van der Waals surface area contributed by atoms with E-state index in [1.807, 2.05) is 54.6 Å². The molecule has 0 saturated carbocycles. The minimum Gasteiger partial charge on any atom is -0.447 e. The van der Waals surface area contributed by atoms with Crippen molar-refractivity contribution in [3.63, 3.8) is 0 Å². The third kappa shape index (κ3) is 4.46. The Bertz CT molecular complexity index is 1000. The Balaban J connectivity index is 1.44. The second-order valence-electron chi connectivity index (χ2n) is 6.91. The lowest BCUT2D eigenvalue weighted by molar-refractivity contribution is 0.102. The average Bonchev–Trinajstić information content (AvgIpc) is 3.19. The van der Waals surface area contributed by atoms with Gasteiger partial charge in [0.05, 0.1) is 6.54 Å². The van der Waals surface area contributed by atoms with E-state index >= 15 is 0 Å². The van der Waals surface area contributed by atoms with Gasteiger partial charge in [0.25, 0.3) is 5.91 Å². The Kier molecular flexibility index (Phi) is 5.56. The number of ether oxygens (including phenoxy) is 1. The zero-order valence-electron chi connectivity index (χ0n) is 16.0. The van der Waals surface area contributed by atoms with Gasteiger partial charge in [-0.25, -0.2) is 4.79 Å². The van der Waals surface area contributed by atoms with Crippen LogP contribution >= 0.6 is 0 Å². The summed E-state index contributed by atoms with van der Waals surface area (Å²) in [5.41, 5.74) is 4.39. The predicted molar refractivity (Wildman–Crippen MR) is 113 cm³/mol. The molecule has 1 aliphatic rings. The number of aryl methyl sites for hydroxylation is 2. The SMILES string of the molecule is O=C(Nc1ccc(N2CCOC2=O)cc1)c1ccccc1CCc1ccccc1. The first kappa shape index (κ1) is 18.7. The van der Waals surface area contributed by atoms with Crippen LogP contribution < -0.4 is 10.2 Å². The second-order valence-corrected chi connectivity index (χ2v) is 6.91. The Hall–Kier alpha value is -3.60. The molecule has 0 spiro atoms. The topological polar surface area (TPSA) is 58.6 Å². The first-order chi connectivity index (χ1) is 14.2. The monoisotopic (exact) mass is 386 g/mol. The molecule has 1 aliphatic heterocycles. The molecule has 3 aromatic carbocycles. The molecule has 1 heterocycles. The predicted octanol–water partition coefficient (Wildman–Crippen LogP) is 4.68. The number of benzene rings is 3. The molecule has 29 heavy (non-hydrogen) atoms. The molecule has 2 amide bonds. The van der Waals surface area contributed by atoms with Crippen LogP contribution in [0.1, 0.15) is 21.5 Å². The van der Waals surface area contributed by atoms with Gasteiger partial charge in [-0.15, -0.1) is 0 Å². The van der Waals surface area contributed by atoms with Crippen LogP contribution in [0.2, 0.25) is 0 Å². The molecule has 0 aliphatic carbocycles. The van der Waals surface area contributed by atoms with Crippen LogP contribution in [-0.4, -0.2) is 25.2 Å². The molecule has 0 aromatic heterocycles. The van der Waals surface area contributed by atoms with E-state index in [1.54, 1.807) is 17.0 Å². The number of carbonyl (C=O) groups is 2. The van der Waals surface area contributed by atoms with Crippen molar-refractivity contribution in [3.8, 4) is 0 Å². The highest BCUT2D eigenvalue weighted by Gasteiger charge is 2.23. The van der Waals surface area contributed by atoms with E-state index in [2.05, 4.69) is 17.4 Å². The third-order valence-electron chi connectivity index (χ3n) is 4.99. The molecule has 146 valence electrons. The maximum Gasteiger partial charge on any atom is 0.414 e. The average molecular weight is 386 g/mol. The molecule has 5 nitrogen and oxygen atoms in total. The van der Waals surface area contributed by atoms with E-state index in [4.69, 9.17) is 4.74 Å². The summed E-state index contributed by atoms with van der Waals surface area (Å²) < 4.78 is 4.96. The minimum absolute atomic E-state index is 0.137. The molecular weight excluding hydrogens is 364 g/mol. The molecule has 1 saturated heterocycles. The molecule has 0 unspecified atom stereocenters. The van der Waals surface area contributed by atoms with Gasteiger partial charge in [0.1, 0.15) is 6.61 Å². The Morgan fingerprint density at radius 2 is 1.62 bits per heavy atom. The fraction of sp³-hybridized carbons (Fsp3) is 0.167. The van der Waals surface area contributed by atoms with Gasteiger partial charge in [0.2, 0.25) is 0 Å². The van der Waals surface area contributed by atoms with Gasteiger partial charge < -0.3 is 10.1 Å². The van der Waals surface area contributed by atoms with Gasteiger partial charge in [-0.05, 0) is 54.3 Å². The van der Waals surface area contributed by atoms with Crippen molar-refractivity contribution in [2.24, 2.45) is 0 Å². The summed E-state index contributed by atoms with van der Waals surface area (Å²) in [5.74, 6) is -0.137. The van der Waals surface area contributed by atoms with Crippen LogP contribution in [0, 0.1) is 0 Å². The zero-order valence-corrected chi connectivity index (χ0v) is 16.0. The van der Waals surface area contributed by atoms with E-state index in [9.17, 15) is 9.59 Å². The number of rotatable bonds is 6. The zero-order chi connectivity index (χ0) is 20.1. The first-order valence-electron chi connectivity index (χ1n) is 9.68. The summed E-state index contributed by atoms with van der Waals surface area (Å²) >= 11 is 0. The van der Waals surface area contributed by atoms with Gasteiger partial charge >= 0.3 is 6.09 Å². The number of cyclic esters (lactones) is 1. The third-order valence-corrected chi connectivity index (χ3v) is 4.99. The highest BCUT2D eigenvalue weighted by molar-refractivity contribution is 6.05. The number of hydrogen-bond donors (Lipinski definition) is 1. The summed E-state index contributed by atoms with van der Waals surface area (Å²) in [6.07, 6.45) is 1.34. The van der Waals surface area contributed by atoms with Crippen LogP contribution in [0.4, 0.5) is 16.2 Å². The van der Waals surface area contributed by atoms with E-state index in [0.29, 0.717) is 24.4 Å². The lowest BCUT2D eigenvalue weighted by Crippen LogP contribution is -2.23. The standard InChI is InChI=1S/C24H22N2O3/c27-23(25-20-12-14-21(15-13-20)26-16-17-29-24(26)28)22-9-5-4-8-19(22)11-10-18-6-2-1-3-7-18/h1-9,12-15H,10-11,16-17H2,(H,25,27). The Labute approximate surface area is 169 Å². The molecule has 0 bridgehead atoms. The van der Waals surface area contributed by atoms with Gasteiger partial charge in [-0.3, -0.25) is 9.69 Å². The van der Waals surface area contributed by atoms with Crippen LogP contribution in [0.3, 0.4) is 0 Å². The van der Waals surface area contributed by atoms with Crippen molar-refractivity contribution < 1.29 is 14.3 Å². The van der Waals surface area contributed by atoms with E-state index in [1.165, 1.54) is 5.56 Å². The highest BCUT2D eigenvalue weighted by Crippen LogP contribution is 2.22. The maximum absolute atomic E-state index is 12.8. The van der Waals surface area contributed by atoms with Crippen molar-refractivity contribution in [1.82, 2.24) is 0 Å². The lowest BCUT2D eigenvalue weighted by Gasteiger charge is -2.14. The van der Waals surface area contributed by atoms with Gasteiger partial charge in [-0.2, -0.15) is 0 Å². The van der Waals surface area contributed by atoms with Crippen molar-refractivity contribution in [2.75, 3.05) is 23.4 Å². The molecule has 1 N–H and O–H groups in total. The van der Waals surface area contributed by atoms with Crippen LogP contribution in [0.5, 0.6) is 0 Å². The number of anilines is 2. The van der Waals surface area contributed by atoms with Crippen LogP contribution in [-0.2, 0) is 17.6 Å². The van der Waals surface area contributed by atoms with Gasteiger partial charge in [0.15, 0.2) is 0 Å². The van der Waals surface area contributed by atoms with E-state index in [0.717, 1.165) is 24.1 Å². The molecule has 0 atom stereocenters. The van der Waals surface area contributed by atoms with Crippen LogP contribution in [0.15, 0.2) is 78.9 Å². The van der Waals surface area contributed by atoms with Crippen molar-refractivity contribution in [2.45, 2.75) is 12.8 Å². The van der Waals surface area contributed by atoms with Crippen LogP contribution in [0.25, 0.3) is 0 Å². The van der Waals surface area contributed by atoms with Gasteiger partial charge in [0, 0.05) is 16.9 Å². The molecule has 3 aromatic rings. The fourth-order valence-corrected chi connectivity index (χ4v) is 3.43. The molecule has 0 radical (unpaired) electrons. The number of amides is 2. The highest BCUT2D eigenvalue weighted by atomic mass is 16.6. The Morgan fingerprint density at radius 3 is 2.34 bits per heavy atom. The largest absolute Gasteiger partial charge is 0.447 e. The summed E-state index contributed by atoms with van der Waals surface area (Å²) in [6.45, 7) is 0.941. The molecule has 4 rings (SSSR count). The van der Waals surface area contributed by atoms with Crippen molar-refractivity contribution >= 4 is 23.4 Å². The number of nitrogens with zero attached hydrogens (tertiary/aromatic N) is 1. The number of carbonyl (C=O) groups excluding carboxylic acids is 2. The van der Waals surface area contributed by atoms with Crippen molar-refractivity contribution in [1.29, 1.82) is 0 Å². The minimum atomic E-state index is -0.339. The van der Waals surface area contributed by atoms with Crippen molar-refractivity contribution in [3.05, 3.63) is 95.6 Å². The lowest BCUT2D eigenvalue weighted by atomic mass is 9.99. The summed E-state index contributed by atoms with van der Waals surface area (Å²) in [4.78, 5) is 26.1. The summed E-state index contributed by atoms with van der Waals surface area (Å²) in [7, 11) is 0. The Morgan fingerprint density at radius 1 is 0.897 bits per heavy atom. The number of nitrogens with one attached hydrogen (secondary N) is 1. The van der Waals surface area contributed by atoms with E-state index in [-0.39, 0.29) is 12.0 Å². The second kappa shape index (κ2) is 8.61.